The molecule has 0 radical (unpaired) electrons. The summed E-state index contributed by atoms with van der Waals surface area (Å²) >= 11 is 1.71. The van der Waals surface area contributed by atoms with Gasteiger partial charge in [0.15, 0.2) is 5.82 Å². The van der Waals surface area contributed by atoms with E-state index in [1.54, 1.807) is 22.6 Å². The predicted octanol–water partition coefficient (Wildman–Crippen LogP) is 1.59. The highest BCUT2D eigenvalue weighted by molar-refractivity contribution is 7.09. The standard InChI is InChI=1S/C15H21N5O2S/c1-11(8-12-4-3-7-23-12)17-15(21)20-5-6-22-13(9-20)14-18-16-10-19(14)2/h3-4,7,10-11,13H,5-6,8-9H2,1-2H3,(H,17,21)/t11-,13-/m0/s1. The van der Waals surface area contributed by atoms with Gasteiger partial charge < -0.3 is 19.5 Å². The van der Waals surface area contributed by atoms with Crippen molar-refractivity contribution in [2.75, 3.05) is 19.7 Å². The molecule has 0 spiro atoms. The van der Waals surface area contributed by atoms with Gasteiger partial charge in [0.1, 0.15) is 12.4 Å². The van der Waals surface area contributed by atoms with Crippen molar-refractivity contribution in [2.45, 2.75) is 25.5 Å². The second-order valence-electron chi connectivity index (χ2n) is 5.74. The molecule has 7 nitrogen and oxygen atoms in total. The lowest BCUT2D eigenvalue weighted by molar-refractivity contribution is -0.0217. The molecule has 1 N–H and O–H groups in total. The van der Waals surface area contributed by atoms with Gasteiger partial charge in [-0.05, 0) is 18.4 Å². The maximum absolute atomic E-state index is 12.5. The van der Waals surface area contributed by atoms with Crippen molar-refractivity contribution in [1.29, 1.82) is 0 Å². The van der Waals surface area contributed by atoms with Crippen molar-refractivity contribution in [3.8, 4) is 0 Å². The first kappa shape index (κ1) is 15.9. The van der Waals surface area contributed by atoms with Gasteiger partial charge in [0.2, 0.25) is 0 Å². The Hall–Kier alpha value is -1.93. The van der Waals surface area contributed by atoms with E-state index in [2.05, 4.69) is 27.0 Å². The fraction of sp³-hybridized carbons (Fsp3) is 0.533. The predicted molar refractivity (Wildman–Crippen MR) is 87.3 cm³/mol. The average Bonchev–Trinajstić information content (AvgIpc) is 3.19. The first-order valence-electron chi connectivity index (χ1n) is 7.67. The van der Waals surface area contributed by atoms with Crippen LogP contribution in [0.4, 0.5) is 4.79 Å². The quantitative estimate of drug-likeness (QED) is 0.921. The number of amides is 2. The molecule has 2 aromatic heterocycles. The average molecular weight is 335 g/mol. The molecule has 8 heteroatoms. The lowest BCUT2D eigenvalue weighted by atomic mass is 10.2. The van der Waals surface area contributed by atoms with E-state index in [9.17, 15) is 4.79 Å². The number of aromatic nitrogens is 3. The highest BCUT2D eigenvalue weighted by atomic mass is 32.1. The topological polar surface area (TPSA) is 72.3 Å². The lowest BCUT2D eigenvalue weighted by Gasteiger charge is -2.33. The second-order valence-corrected chi connectivity index (χ2v) is 6.77. The van der Waals surface area contributed by atoms with Gasteiger partial charge in [-0.1, -0.05) is 6.07 Å². The molecule has 0 unspecified atom stereocenters. The summed E-state index contributed by atoms with van der Waals surface area (Å²) < 4.78 is 7.56. The van der Waals surface area contributed by atoms with Crippen LogP contribution in [0.2, 0.25) is 0 Å². The fourth-order valence-electron chi connectivity index (χ4n) is 2.66. The molecular formula is C15H21N5O2S. The molecule has 0 bridgehead atoms. The Balaban J connectivity index is 1.55. The Morgan fingerprint density at radius 3 is 3.17 bits per heavy atom. The fourth-order valence-corrected chi connectivity index (χ4v) is 3.49. The van der Waals surface area contributed by atoms with Crippen LogP contribution in [-0.2, 0) is 18.2 Å². The van der Waals surface area contributed by atoms with Gasteiger partial charge >= 0.3 is 6.03 Å². The van der Waals surface area contributed by atoms with Crippen LogP contribution in [0, 0.1) is 0 Å². The number of morpholine rings is 1. The number of hydrogen-bond acceptors (Lipinski definition) is 5. The van der Waals surface area contributed by atoms with E-state index in [0.29, 0.717) is 19.7 Å². The Kier molecular flexibility index (Phi) is 4.92. The van der Waals surface area contributed by atoms with Crippen LogP contribution in [0.3, 0.4) is 0 Å². The summed E-state index contributed by atoms with van der Waals surface area (Å²) in [6.45, 7) is 3.61. The van der Waals surface area contributed by atoms with Gasteiger partial charge in [-0.2, -0.15) is 0 Å². The molecule has 1 fully saturated rings. The summed E-state index contributed by atoms with van der Waals surface area (Å²) in [7, 11) is 1.88. The van der Waals surface area contributed by atoms with E-state index in [0.717, 1.165) is 12.2 Å². The number of nitrogens with one attached hydrogen (secondary N) is 1. The number of urea groups is 1. The maximum Gasteiger partial charge on any atom is 0.317 e. The van der Waals surface area contributed by atoms with Crippen molar-refractivity contribution >= 4 is 17.4 Å². The van der Waals surface area contributed by atoms with E-state index < -0.39 is 0 Å². The summed E-state index contributed by atoms with van der Waals surface area (Å²) in [5.74, 6) is 0.745. The van der Waals surface area contributed by atoms with E-state index in [1.165, 1.54) is 4.88 Å². The van der Waals surface area contributed by atoms with Crippen molar-refractivity contribution in [3.05, 3.63) is 34.5 Å². The molecule has 1 aliphatic heterocycles. The molecule has 1 saturated heterocycles. The largest absolute Gasteiger partial charge is 0.366 e. The first-order valence-corrected chi connectivity index (χ1v) is 8.54. The van der Waals surface area contributed by atoms with Gasteiger partial charge in [0.25, 0.3) is 0 Å². The minimum Gasteiger partial charge on any atom is -0.366 e. The first-order chi connectivity index (χ1) is 11.1. The minimum atomic E-state index is -0.227. The minimum absolute atomic E-state index is 0.0514. The molecule has 0 saturated carbocycles. The van der Waals surface area contributed by atoms with E-state index >= 15 is 0 Å². The summed E-state index contributed by atoms with van der Waals surface area (Å²) in [6, 6.07) is 4.16. The Morgan fingerprint density at radius 1 is 1.61 bits per heavy atom. The maximum atomic E-state index is 12.5. The Morgan fingerprint density at radius 2 is 2.48 bits per heavy atom. The zero-order valence-electron chi connectivity index (χ0n) is 13.3. The number of thiophene rings is 1. The third-order valence-electron chi connectivity index (χ3n) is 3.85. The number of carbonyl (C=O) groups is 1. The molecular weight excluding hydrogens is 314 g/mol. The Labute approximate surface area is 139 Å². The van der Waals surface area contributed by atoms with Crippen LogP contribution in [-0.4, -0.2) is 51.4 Å². The van der Waals surface area contributed by atoms with E-state index in [-0.39, 0.29) is 18.2 Å². The van der Waals surface area contributed by atoms with Gasteiger partial charge in [-0.15, -0.1) is 21.5 Å². The van der Waals surface area contributed by atoms with Gasteiger partial charge in [0, 0.05) is 30.9 Å². The number of carbonyl (C=O) groups excluding carboxylic acids is 1. The number of aryl methyl sites for hydroxylation is 1. The molecule has 0 aliphatic carbocycles. The summed E-state index contributed by atoms with van der Waals surface area (Å²) in [5, 5.41) is 13.1. The van der Waals surface area contributed by atoms with Crippen LogP contribution < -0.4 is 5.32 Å². The zero-order chi connectivity index (χ0) is 16.2. The van der Waals surface area contributed by atoms with Crippen LogP contribution in [0.5, 0.6) is 0 Å². The zero-order valence-corrected chi connectivity index (χ0v) is 14.1. The normalized spacial score (nSPS) is 19.6. The van der Waals surface area contributed by atoms with Gasteiger partial charge in [-0.25, -0.2) is 4.79 Å². The molecule has 0 aromatic carbocycles. The second kappa shape index (κ2) is 7.10. The van der Waals surface area contributed by atoms with Gasteiger partial charge in [-0.3, -0.25) is 0 Å². The lowest BCUT2D eigenvalue weighted by Crippen LogP contribution is -2.50. The summed E-state index contributed by atoms with van der Waals surface area (Å²) in [4.78, 5) is 15.5. The summed E-state index contributed by atoms with van der Waals surface area (Å²) in [5.41, 5.74) is 0. The monoisotopic (exact) mass is 335 g/mol. The van der Waals surface area contributed by atoms with Crippen molar-refractivity contribution in [2.24, 2.45) is 7.05 Å². The highest BCUT2D eigenvalue weighted by Crippen LogP contribution is 2.20. The highest BCUT2D eigenvalue weighted by Gasteiger charge is 2.28. The number of hydrogen-bond donors (Lipinski definition) is 1. The molecule has 3 heterocycles. The SMILES string of the molecule is C[C@@H](Cc1cccs1)NC(=O)N1CCO[C@H](c2nncn2C)C1. The third-order valence-corrected chi connectivity index (χ3v) is 4.74. The molecule has 124 valence electrons. The summed E-state index contributed by atoms with van der Waals surface area (Å²) in [6.07, 6.45) is 2.26. The number of ether oxygens (including phenoxy) is 1. The molecule has 2 amide bonds. The molecule has 1 aliphatic rings. The number of nitrogens with zero attached hydrogens (tertiary/aromatic N) is 4. The number of rotatable bonds is 4. The van der Waals surface area contributed by atoms with Gasteiger partial charge in [0.05, 0.1) is 13.2 Å². The molecule has 23 heavy (non-hydrogen) atoms. The smallest absolute Gasteiger partial charge is 0.317 e. The van der Waals surface area contributed by atoms with Crippen molar-refractivity contribution in [1.82, 2.24) is 25.0 Å². The van der Waals surface area contributed by atoms with Crippen LogP contribution in [0.25, 0.3) is 0 Å². The van der Waals surface area contributed by atoms with Crippen molar-refractivity contribution in [3.63, 3.8) is 0 Å². The van der Waals surface area contributed by atoms with Crippen molar-refractivity contribution < 1.29 is 9.53 Å². The molecule has 2 aromatic rings. The van der Waals surface area contributed by atoms with Crippen LogP contribution in [0.1, 0.15) is 23.7 Å². The van der Waals surface area contributed by atoms with E-state index in [1.807, 2.05) is 24.6 Å². The molecule has 2 atom stereocenters. The van der Waals surface area contributed by atoms with E-state index in [4.69, 9.17) is 4.74 Å². The van der Waals surface area contributed by atoms with Crippen LogP contribution >= 0.6 is 11.3 Å². The Bertz CT molecular complexity index is 642. The third kappa shape index (κ3) is 3.89. The molecule has 3 rings (SSSR count). The van der Waals surface area contributed by atoms with Crippen LogP contribution in [0.15, 0.2) is 23.8 Å².